The highest BCUT2D eigenvalue weighted by atomic mass is 32.2. The zero-order valence-corrected chi connectivity index (χ0v) is 12.5. The normalized spacial score (nSPS) is 16.7. The molecule has 0 unspecified atom stereocenters. The van der Waals surface area contributed by atoms with Crippen molar-refractivity contribution in [2.24, 2.45) is 0 Å². The number of thioether (sulfide) groups is 1. The summed E-state index contributed by atoms with van der Waals surface area (Å²) < 4.78 is 5.35. The summed E-state index contributed by atoms with van der Waals surface area (Å²) in [6.07, 6.45) is 3.35. The van der Waals surface area contributed by atoms with Crippen LogP contribution in [0.4, 0.5) is 0 Å². The average molecular weight is 280 g/mol. The predicted octanol–water partition coefficient (Wildman–Crippen LogP) is 2.22. The molecule has 4 heteroatoms. The lowest BCUT2D eigenvalue weighted by atomic mass is 10.2. The second-order valence-electron chi connectivity index (χ2n) is 4.80. The molecule has 0 aliphatic carbocycles. The molecule has 0 spiro atoms. The number of nitrogens with zero attached hydrogens (tertiary/aromatic N) is 1. The number of benzene rings is 1. The smallest absolute Gasteiger partial charge is 0.0594 e. The van der Waals surface area contributed by atoms with Crippen LogP contribution < -0.4 is 5.32 Å². The molecule has 0 amide bonds. The second-order valence-corrected chi connectivity index (χ2v) is 5.64. The minimum Gasteiger partial charge on any atom is -0.379 e. The third-order valence-electron chi connectivity index (χ3n) is 3.44. The van der Waals surface area contributed by atoms with Gasteiger partial charge < -0.3 is 10.1 Å². The van der Waals surface area contributed by atoms with Crippen molar-refractivity contribution in [1.29, 1.82) is 0 Å². The van der Waals surface area contributed by atoms with Crippen LogP contribution in [-0.4, -0.2) is 50.5 Å². The molecule has 0 atom stereocenters. The van der Waals surface area contributed by atoms with Gasteiger partial charge in [0, 0.05) is 24.5 Å². The quantitative estimate of drug-likeness (QED) is 0.611. The van der Waals surface area contributed by atoms with Crippen molar-refractivity contribution in [3.05, 3.63) is 29.8 Å². The Hall–Kier alpha value is -0.550. The van der Waals surface area contributed by atoms with Gasteiger partial charge in [0.25, 0.3) is 0 Å². The number of hydrogen-bond acceptors (Lipinski definition) is 4. The van der Waals surface area contributed by atoms with Crippen LogP contribution in [-0.2, 0) is 11.3 Å². The number of rotatable bonds is 7. The van der Waals surface area contributed by atoms with E-state index in [2.05, 4.69) is 40.7 Å². The maximum atomic E-state index is 5.35. The molecule has 1 fully saturated rings. The molecule has 0 saturated carbocycles. The largest absolute Gasteiger partial charge is 0.379 e. The van der Waals surface area contributed by atoms with Gasteiger partial charge in [-0.15, -0.1) is 11.8 Å². The van der Waals surface area contributed by atoms with Crippen molar-refractivity contribution in [2.75, 3.05) is 45.6 Å². The molecule has 1 saturated heterocycles. The maximum absolute atomic E-state index is 5.35. The summed E-state index contributed by atoms with van der Waals surface area (Å²) in [6.45, 7) is 7.22. The number of ether oxygens (including phenoxy) is 1. The Morgan fingerprint density at radius 1 is 1.26 bits per heavy atom. The Morgan fingerprint density at radius 3 is 2.84 bits per heavy atom. The van der Waals surface area contributed by atoms with Crippen molar-refractivity contribution < 1.29 is 4.74 Å². The lowest BCUT2D eigenvalue weighted by Crippen LogP contribution is -2.37. The molecule has 0 aromatic heterocycles. The molecule has 1 aromatic rings. The number of hydrogen-bond donors (Lipinski definition) is 1. The fourth-order valence-corrected chi connectivity index (χ4v) is 2.94. The van der Waals surface area contributed by atoms with E-state index in [1.54, 1.807) is 0 Å². The van der Waals surface area contributed by atoms with Crippen molar-refractivity contribution in [3.8, 4) is 0 Å². The Morgan fingerprint density at radius 2 is 2.05 bits per heavy atom. The van der Waals surface area contributed by atoms with Crippen LogP contribution in [0.5, 0.6) is 0 Å². The van der Waals surface area contributed by atoms with Crippen molar-refractivity contribution in [3.63, 3.8) is 0 Å². The van der Waals surface area contributed by atoms with Crippen LogP contribution in [0.2, 0.25) is 0 Å². The van der Waals surface area contributed by atoms with E-state index in [0.717, 1.165) is 39.4 Å². The third-order valence-corrected chi connectivity index (χ3v) is 4.28. The van der Waals surface area contributed by atoms with Crippen LogP contribution >= 0.6 is 11.8 Å². The van der Waals surface area contributed by atoms with Gasteiger partial charge >= 0.3 is 0 Å². The summed E-state index contributed by atoms with van der Waals surface area (Å²) in [7, 11) is 0. The van der Waals surface area contributed by atoms with E-state index >= 15 is 0 Å². The minimum atomic E-state index is 0.897. The van der Waals surface area contributed by atoms with Crippen LogP contribution in [0.15, 0.2) is 29.2 Å². The summed E-state index contributed by atoms with van der Waals surface area (Å²) >= 11 is 1.82. The summed E-state index contributed by atoms with van der Waals surface area (Å²) in [5.41, 5.74) is 1.40. The van der Waals surface area contributed by atoms with Gasteiger partial charge in [-0.1, -0.05) is 18.2 Å². The molecule has 1 aliphatic heterocycles. The zero-order valence-electron chi connectivity index (χ0n) is 11.7. The van der Waals surface area contributed by atoms with Gasteiger partial charge in [-0.25, -0.2) is 0 Å². The Balaban J connectivity index is 1.61. The fraction of sp³-hybridized carbons (Fsp3) is 0.600. The highest BCUT2D eigenvalue weighted by Crippen LogP contribution is 2.19. The van der Waals surface area contributed by atoms with Crippen molar-refractivity contribution in [1.82, 2.24) is 10.2 Å². The van der Waals surface area contributed by atoms with E-state index in [0.29, 0.717) is 0 Å². The van der Waals surface area contributed by atoms with Crippen molar-refractivity contribution >= 4 is 11.8 Å². The Kier molecular flexibility index (Phi) is 6.71. The first-order valence-corrected chi connectivity index (χ1v) is 8.25. The highest BCUT2D eigenvalue weighted by Gasteiger charge is 2.08. The first-order valence-electron chi connectivity index (χ1n) is 7.03. The van der Waals surface area contributed by atoms with E-state index in [4.69, 9.17) is 4.74 Å². The molecule has 0 radical (unpaired) electrons. The monoisotopic (exact) mass is 280 g/mol. The molecule has 1 aliphatic rings. The van der Waals surface area contributed by atoms with E-state index < -0.39 is 0 Å². The lowest BCUT2D eigenvalue weighted by molar-refractivity contribution is 0.0374. The molecule has 2 rings (SSSR count). The second kappa shape index (κ2) is 8.59. The first kappa shape index (κ1) is 14.9. The number of nitrogens with one attached hydrogen (secondary N) is 1. The van der Waals surface area contributed by atoms with E-state index in [1.807, 2.05) is 11.8 Å². The fourth-order valence-electron chi connectivity index (χ4n) is 2.32. The van der Waals surface area contributed by atoms with Gasteiger partial charge in [0.2, 0.25) is 0 Å². The first-order chi connectivity index (χ1) is 9.40. The molecular weight excluding hydrogens is 256 g/mol. The number of morpholine rings is 1. The molecule has 106 valence electrons. The Labute approximate surface area is 120 Å². The van der Waals surface area contributed by atoms with Crippen LogP contribution in [0.25, 0.3) is 0 Å². The molecule has 1 aromatic carbocycles. The average Bonchev–Trinajstić information content (AvgIpc) is 2.48. The minimum absolute atomic E-state index is 0.897. The molecule has 3 nitrogen and oxygen atoms in total. The van der Waals surface area contributed by atoms with Gasteiger partial charge in [-0.2, -0.15) is 0 Å². The van der Waals surface area contributed by atoms with E-state index in [9.17, 15) is 0 Å². The highest BCUT2D eigenvalue weighted by molar-refractivity contribution is 7.98. The van der Waals surface area contributed by atoms with E-state index in [1.165, 1.54) is 23.4 Å². The van der Waals surface area contributed by atoms with Gasteiger partial charge in [0.15, 0.2) is 0 Å². The molecule has 1 N–H and O–H groups in total. The van der Waals surface area contributed by atoms with Gasteiger partial charge in [0.1, 0.15) is 0 Å². The molecule has 19 heavy (non-hydrogen) atoms. The predicted molar refractivity (Wildman–Crippen MR) is 81.8 cm³/mol. The summed E-state index contributed by atoms with van der Waals surface area (Å²) in [6, 6.07) is 8.62. The molecule has 0 bridgehead atoms. The lowest BCUT2D eigenvalue weighted by Gasteiger charge is -2.26. The summed E-state index contributed by atoms with van der Waals surface area (Å²) in [5, 5.41) is 3.54. The molecule has 1 heterocycles. The van der Waals surface area contributed by atoms with Gasteiger partial charge in [-0.3, -0.25) is 4.90 Å². The summed E-state index contributed by atoms with van der Waals surface area (Å²) in [5.74, 6) is 0. The SMILES string of the molecule is CSc1ccccc1CNCCCN1CCOCC1. The van der Waals surface area contributed by atoms with E-state index in [-0.39, 0.29) is 0 Å². The van der Waals surface area contributed by atoms with Crippen LogP contribution in [0.1, 0.15) is 12.0 Å². The zero-order chi connectivity index (χ0) is 13.3. The molecular formula is C15H24N2OS. The van der Waals surface area contributed by atoms with Gasteiger partial charge in [-0.05, 0) is 37.4 Å². The maximum Gasteiger partial charge on any atom is 0.0594 e. The Bertz CT molecular complexity index is 367. The van der Waals surface area contributed by atoms with Gasteiger partial charge in [0.05, 0.1) is 13.2 Å². The van der Waals surface area contributed by atoms with Crippen molar-refractivity contribution in [2.45, 2.75) is 17.9 Å². The topological polar surface area (TPSA) is 24.5 Å². The van der Waals surface area contributed by atoms with Crippen LogP contribution in [0, 0.1) is 0 Å². The summed E-state index contributed by atoms with van der Waals surface area (Å²) in [4.78, 5) is 3.87. The standard InChI is InChI=1S/C15H24N2OS/c1-19-15-6-3-2-5-14(15)13-16-7-4-8-17-9-11-18-12-10-17/h2-3,5-6,16H,4,7-13H2,1H3. The van der Waals surface area contributed by atoms with Crippen LogP contribution in [0.3, 0.4) is 0 Å². The third kappa shape index (κ3) is 5.15.